The molecule has 1 aliphatic heterocycles. The Bertz CT molecular complexity index is 862. The largest absolute Gasteiger partial charge is 0.491 e. The Morgan fingerprint density at radius 2 is 1.79 bits per heavy atom. The lowest BCUT2D eigenvalue weighted by Crippen LogP contribution is -2.30. The van der Waals surface area contributed by atoms with Crippen molar-refractivity contribution in [2.45, 2.75) is 38.6 Å². The maximum atomic E-state index is 12.4. The lowest BCUT2D eigenvalue weighted by molar-refractivity contribution is -0.133. The second-order valence-corrected chi connectivity index (χ2v) is 7.55. The predicted octanol–water partition coefficient (Wildman–Crippen LogP) is 3.99. The first-order chi connectivity index (χ1) is 14.0. The summed E-state index contributed by atoms with van der Waals surface area (Å²) in [6.07, 6.45) is 4.16. The van der Waals surface area contributed by atoms with Gasteiger partial charge in [-0.05, 0) is 50.7 Å². The van der Waals surface area contributed by atoms with Gasteiger partial charge in [-0.15, -0.1) is 0 Å². The standard InChI is InChI=1S/C23H29N3O3/c1-4-5-7-16-10-12-17(13-11-16)24-22(27)23(28)25-19-9-6-8-18-20(26(2)3)14-15-29-21(18)19/h6,8-13,20H,4-5,7,14-15H2,1-3H3,(H,24,27)(H,25,28). The number of nitrogens with zero attached hydrogens (tertiary/aromatic N) is 1. The van der Waals surface area contributed by atoms with Crippen LogP contribution < -0.4 is 15.4 Å². The fourth-order valence-electron chi connectivity index (χ4n) is 3.54. The Morgan fingerprint density at radius 3 is 2.48 bits per heavy atom. The van der Waals surface area contributed by atoms with E-state index in [4.69, 9.17) is 4.74 Å². The van der Waals surface area contributed by atoms with Gasteiger partial charge in [-0.2, -0.15) is 0 Å². The molecule has 0 fully saturated rings. The molecule has 0 aromatic heterocycles. The number of rotatable bonds is 6. The molecule has 2 amide bonds. The number of carbonyl (C=O) groups excluding carboxylic acids is 2. The van der Waals surface area contributed by atoms with Crippen LogP contribution in [0, 0.1) is 0 Å². The van der Waals surface area contributed by atoms with Gasteiger partial charge in [0, 0.05) is 23.7 Å². The maximum absolute atomic E-state index is 12.4. The van der Waals surface area contributed by atoms with Crippen molar-refractivity contribution in [3.63, 3.8) is 0 Å². The summed E-state index contributed by atoms with van der Waals surface area (Å²) in [5, 5.41) is 5.35. The van der Waals surface area contributed by atoms with Gasteiger partial charge >= 0.3 is 11.8 Å². The molecule has 2 aromatic rings. The lowest BCUT2D eigenvalue weighted by Gasteiger charge is -2.31. The molecule has 6 heteroatoms. The zero-order valence-electron chi connectivity index (χ0n) is 17.3. The third kappa shape index (κ3) is 5.15. The number of unbranched alkanes of at least 4 members (excludes halogenated alkanes) is 1. The van der Waals surface area contributed by atoms with E-state index in [1.54, 1.807) is 6.07 Å². The van der Waals surface area contributed by atoms with Crippen LogP contribution in [-0.4, -0.2) is 37.4 Å². The van der Waals surface area contributed by atoms with E-state index in [1.165, 1.54) is 5.56 Å². The molecule has 1 heterocycles. The highest BCUT2D eigenvalue weighted by Crippen LogP contribution is 2.39. The molecule has 0 saturated carbocycles. The molecule has 0 aliphatic carbocycles. The van der Waals surface area contributed by atoms with Crippen LogP contribution in [0.3, 0.4) is 0 Å². The summed E-state index contributed by atoms with van der Waals surface area (Å²) < 4.78 is 5.81. The molecule has 154 valence electrons. The Balaban J connectivity index is 1.66. The first kappa shape index (κ1) is 20.9. The van der Waals surface area contributed by atoms with Crippen molar-refractivity contribution in [2.75, 3.05) is 31.3 Å². The first-order valence-electron chi connectivity index (χ1n) is 10.1. The summed E-state index contributed by atoms with van der Waals surface area (Å²) in [5.41, 5.74) is 3.36. The summed E-state index contributed by atoms with van der Waals surface area (Å²) in [7, 11) is 4.04. The SMILES string of the molecule is CCCCc1ccc(NC(=O)C(=O)Nc2cccc3c2OCCC3N(C)C)cc1. The van der Waals surface area contributed by atoms with E-state index in [-0.39, 0.29) is 6.04 Å². The normalized spacial score (nSPS) is 15.4. The number of nitrogens with one attached hydrogen (secondary N) is 2. The van der Waals surface area contributed by atoms with E-state index in [0.717, 1.165) is 31.2 Å². The van der Waals surface area contributed by atoms with Gasteiger partial charge in [0.05, 0.1) is 12.3 Å². The number of benzene rings is 2. The van der Waals surface area contributed by atoms with Crippen LogP contribution in [0.1, 0.15) is 43.4 Å². The number of ether oxygens (including phenoxy) is 1. The summed E-state index contributed by atoms with van der Waals surface area (Å²) in [6, 6.07) is 13.4. The maximum Gasteiger partial charge on any atom is 0.314 e. The summed E-state index contributed by atoms with van der Waals surface area (Å²) in [5.74, 6) is -0.785. The van der Waals surface area contributed by atoms with Gasteiger partial charge in [-0.1, -0.05) is 37.6 Å². The molecular weight excluding hydrogens is 366 g/mol. The highest BCUT2D eigenvalue weighted by Gasteiger charge is 2.26. The van der Waals surface area contributed by atoms with E-state index < -0.39 is 11.8 Å². The number of hydrogen-bond donors (Lipinski definition) is 2. The Kier molecular flexibility index (Phi) is 6.88. The van der Waals surface area contributed by atoms with Crippen LogP contribution in [0.2, 0.25) is 0 Å². The monoisotopic (exact) mass is 395 g/mol. The topological polar surface area (TPSA) is 70.7 Å². The van der Waals surface area contributed by atoms with Crippen molar-refractivity contribution in [1.82, 2.24) is 4.90 Å². The molecule has 1 unspecified atom stereocenters. The van der Waals surface area contributed by atoms with E-state index in [2.05, 4.69) is 22.5 Å². The molecule has 29 heavy (non-hydrogen) atoms. The molecule has 0 saturated heterocycles. The number of hydrogen-bond acceptors (Lipinski definition) is 4. The molecular formula is C23H29N3O3. The summed E-state index contributed by atoms with van der Waals surface area (Å²) in [6.45, 7) is 2.72. The number of fused-ring (bicyclic) bond motifs is 1. The van der Waals surface area contributed by atoms with Gasteiger partial charge in [0.1, 0.15) is 5.75 Å². The van der Waals surface area contributed by atoms with Crippen molar-refractivity contribution < 1.29 is 14.3 Å². The first-order valence-corrected chi connectivity index (χ1v) is 10.1. The molecule has 6 nitrogen and oxygen atoms in total. The van der Waals surface area contributed by atoms with Gasteiger partial charge in [0.2, 0.25) is 0 Å². The Hall–Kier alpha value is -2.86. The average molecular weight is 396 g/mol. The summed E-state index contributed by atoms with van der Waals surface area (Å²) in [4.78, 5) is 26.9. The number of amides is 2. The van der Waals surface area contributed by atoms with Crippen LogP contribution in [0.15, 0.2) is 42.5 Å². The van der Waals surface area contributed by atoms with Crippen molar-refractivity contribution >= 4 is 23.2 Å². The van der Waals surface area contributed by atoms with E-state index in [0.29, 0.717) is 23.7 Å². The van der Waals surface area contributed by atoms with Gasteiger partial charge in [-0.3, -0.25) is 9.59 Å². The van der Waals surface area contributed by atoms with Crippen LogP contribution in [0.25, 0.3) is 0 Å². The third-order valence-corrected chi connectivity index (χ3v) is 5.15. The second-order valence-electron chi connectivity index (χ2n) is 7.55. The minimum absolute atomic E-state index is 0.218. The number of carbonyl (C=O) groups is 2. The molecule has 2 aromatic carbocycles. The van der Waals surface area contributed by atoms with E-state index in [1.807, 2.05) is 50.5 Å². The average Bonchev–Trinajstić information content (AvgIpc) is 2.73. The second kappa shape index (κ2) is 9.56. The minimum Gasteiger partial charge on any atom is -0.491 e. The molecule has 1 atom stereocenters. The van der Waals surface area contributed by atoms with Gasteiger partial charge < -0.3 is 20.3 Å². The van der Waals surface area contributed by atoms with Gasteiger partial charge in [-0.25, -0.2) is 0 Å². The molecule has 0 spiro atoms. The van der Waals surface area contributed by atoms with Crippen molar-refractivity contribution in [3.8, 4) is 5.75 Å². The number of para-hydroxylation sites is 1. The zero-order valence-corrected chi connectivity index (χ0v) is 17.3. The molecule has 1 aliphatic rings. The zero-order chi connectivity index (χ0) is 20.8. The van der Waals surface area contributed by atoms with Crippen LogP contribution in [-0.2, 0) is 16.0 Å². The number of aryl methyl sites for hydroxylation is 1. The molecule has 0 radical (unpaired) electrons. The Morgan fingerprint density at radius 1 is 1.07 bits per heavy atom. The van der Waals surface area contributed by atoms with Crippen LogP contribution in [0.5, 0.6) is 5.75 Å². The Labute approximate surface area is 172 Å². The fraction of sp³-hybridized carbons (Fsp3) is 0.391. The molecule has 2 N–H and O–H groups in total. The number of anilines is 2. The fourth-order valence-corrected chi connectivity index (χ4v) is 3.54. The summed E-state index contributed by atoms with van der Waals surface area (Å²) >= 11 is 0. The van der Waals surface area contributed by atoms with Gasteiger partial charge in [0.25, 0.3) is 0 Å². The predicted molar refractivity (Wildman–Crippen MR) is 115 cm³/mol. The molecule has 0 bridgehead atoms. The molecule has 3 rings (SSSR count). The van der Waals surface area contributed by atoms with Crippen molar-refractivity contribution in [1.29, 1.82) is 0 Å². The van der Waals surface area contributed by atoms with Crippen LogP contribution in [0.4, 0.5) is 11.4 Å². The van der Waals surface area contributed by atoms with Crippen LogP contribution >= 0.6 is 0 Å². The van der Waals surface area contributed by atoms with Crippen molar-refractivity contribution in [2.24, 2.45) is 0 Å². The van der Waals surface area contributed by atoms with Crippen molar-refractivity contribution in [3.05, 3.63) is 53.6 Å². The lowest BCUT2D eigenvalue weighted by atomic mass is 9.98. The highest BCUT2D eigenvalue weighted by atomic mass is 16.5. The minimum atomic E-state index is -0.718. The third-order valence-electron chi connectivity index (χ3n) is 5.15. The highest BCUT2D eigenvalue weighted by molar-refractivity contribution is 6.43. The quantitative estimate of drug-likeness (QED) is 0.726. The smallest absolute Gasteiger partial charge is 0.314 e. The van der Waals surface area contributed by atoms with E-state index in [9.17, 15) is 9.59 Å². The van der Waals surface area contributed by atoms with E-state index >= 15 is 0 Å². The van der Waals surface area contributed by atoms with Gasteiger partial charge in [0.15, 0.2) is 0 Å².